The maximum atomic E-state index is 12.5. The van der Waals surface area contributed by atoms with Gasteiger partial charge in [-0.25, -0.2) is 21.6 Å². The Balaban J connectivity index is 1.78. The molecule has 2 saturated heterocycles. The van der Waals surface area contributed by atoms with Gasteiger partial charge in [-0.15, -0.1) is 0 Å². The van der Waals surface area contributed by atoms with E-state index in [-0.39, 0.29) is 28.7 Å². The first-order valence-corrected chi connectivity index (χ1v) is 11.2. The molecule has 9 heteroatoms. The summed E-state index contributed by atoms with van der Waals surface area (Å²) in [5, 5.41) is 0. The second kappa shape index (κ2) is 6.45. The zero-order valence-corrected chi connectivity index (χ0v) is 14.8. The van der Waals surface area contributed by atoms with E-state index in [0.717, 1.165) is 12.8 Å². The molecule has 0 aliphatic carbocycles. The highest BCUT2D eigenvalue weighted by molar-refractivity contribution is 7.92. The number of hydrogen-bond acceptors (Lipinski definition) is 5. The number of likely N-dealkylation sites (tertiary alicyclic amines) is 1. The van der Waals surface area contributed by atoms with E-state index in [1.165, 1.54) is 18.2 Å². The van der Waals surface area contributed by atoms with Gasteiger partial charge in [0.15, 0.2) is 9.84 Å². The van der Waals surface area contributed by atoms with Crippen LogP contribution in [0.25, 0.3) is 0 Å². The Bertz CT molecular complexity index is 842. The Morgan fingerprint density at radius 3 is 2.54 bits per heavy atom. The molecule has 0 bridgehead atoms. The molecule has 0 spiro atoms. The zero-order valence-electron chi connectivity index (χ0n) is 13.1. The van der Waals surface area contributed by atoms with Crippen molar-refractivity contribution in [3.8, 4) is 0 Å². The SMILES string of the molecule is O=C(c1cccc(S(=O)(=O)NC2CCS(=O)(=O)C2)c1)N1CCCC1. The number of hydrogen-bond donors (Lipinski definition) is 1. The van der Waals surface area contributed by atoms with Crippen molar-refractivity contribution in [3.63, 3.8) is 0 Å². The van der Waals surface area contributed by atoms with Gasteiger partial charge in [0.2, 0.25) is 10.0 Å². The predicted molar refractivity (Wildman–Crippen MR) is 89.0 cm³/mol. The van der Waals surface area contributed by atoms with Gasteiger partial charge in [0.25, 0.3) is 5.91 Å². The quantitative estimate of drug-likeness (QED) is 0.824. The van der Waals surface area contributed by atoms with Crippen molar-refractivity contribution in [3.05, 3.63) is 29.8 Å². The molecule has 2 aliphatic heterocycles. The first-order chi connectivity index (χ1) is 11.3. The Kier molecular flexibility index (Phi) is 4.67. The highest BCUT2D eigenvalue weighted by Crippen LogP contribution is 2.19. The van der Waals surface area contributed by atoms with Gasteiger partial charge in [0.05, 0.1) is 16.4 Å². The molecule has 1 amide bonds. The minimum absolute atomic E-state index is 0.00628. The summed E-state index contributed by atoms with van der Waals surface area (Å²) in [6, 6.07) is 5.28. The van der Waals surface area contributed by atoms with Crippen molar-refractivity contribution in [1.82, 2.24) is 9.62 Å². The summed E-state index contributed by atoms with van der Waals surface area (Å²) in [6.07, 6.45) is 2.19. The molecule has 0 aromatic heterocycles. The van der Waals surface area contributed by atoms with Crippen molar-refractivity contribution in [2.75, 3.05) is 24.6 Å². The molecule has 2 aliphatic rings. The van der Waals surface area contributed by atoms with Crippen LogP contribution in [0, 0.1) is 0 Å². The summed E-state index contributed by atoms with van der Waals surface area (Å²) in [5.41, 5.74) is 0.332. The van der Waals surface area contributed by atoms with Gasteiger partial charge in [0, 0.05) is 24.7 Å². The lowest BCUT2D eigenvalue weighted by molar-refractivity contribution is 0.0792. The standard InChI is InChI=1S/C15H20N2O5S2/c18-15(17-7-1-2-8-17)12-4-3-5-14(10-12)24(21,22)16-13-6-9-23(19,20)11-13/h3-5,10,13,16H,1-2,6-9,11H2. The van der Waals surface area contributed by atoms with Crippen LogP contribution < -0.4 is 4.72 Å². The average Bonchev–Trinajstić information content (AvgIpc) is 3.16. The molecular weight excluding hydrogens is 352 g/mol. The number of benzene rings is 1. The summed E-state index contributed by atoms with van der Waals surface area (Å²) in [4.78, 5) is 14.1. The van der Waals surface area contributed by atoms with Crippen LogP contribution in [-0.2, 0) is 19.9 Å². The van der Waals surface area contributed by atoms with E-state index in [9.17, 15) is 21.6 Å². The van der Waals surface area contributed by atoms with Gasteiger partial charge in [-0.2, -0.15) is 0 Å². The smallest absolute Gasteiger partial charge is 0.253 e. The third kappa shape index (κ3) is 3.79. The molecule has 1 atom stereocenters. The van der Waals surface area contributed by atoms with Crippen LogP contribution in [0.3, 0.4) is 0 Å². The second-order valence-electron chi connectivity index (χ2n) is 6.25. The van der Waals surface area contributed by atoms with Crippen molar-refractivity contribution >= 4 is 25.8 Å². The van der Waals surface area contributed by atoms with E-state index >= 15 is 0 Å². The van der Waals surface area contributed by atoms with E-state index in [1.54, 1.807) is 11.0 Å². The van der Waals surface area contributed by atoms with E-state index in [4.69, 9.17) is 0 Å². The molecule has 24 heavy (non-hydrogen) atoms. The van der Waals surface area contributed by atoms with Gasteiger partial charge >= 0.3 is 0 Å². The number of nitrogens with one attached hydrogen (secondary N) is 1. The van der Waals surface area contributed by atoms with Gasteiger partial charge in [0.1, 0.15) is 0 Å². The summed E-state index contributed by atoms with van der Waals surface area (Å²) in [5.74, 6) is -0.361. The molecule has 2 heterocycles. The van der Waals surface area contributed by atoms with Gasteiger partial charge in [-0.05, 0) is 37.5 Å². The van der Waals surface area contributed by atoms with Gasteiger partial charge in [-0.1, -0.05) is 6.07 Å². The van der Waals surface area contributed by atoms with Crippen molar-refractivity contribution in [2.45, 2.75) is 30.2 Å². The average molecular weight is 372 g/mol. The fraction of sp³-hybridized carbons (Fsp3) is 0.533. The van der Waals surface area contributed by atoms with Crippen LogP contribution in [0.15, 0.2) is 29.2 Å². The fourth-order valence-electron chi connectivity index (χ4n) is 3.07. The van der Waals surface area contributed by atoms with E-state index in [0.29, 0.717) is 18.7 Å². The molecule has 1 aromatic rings. The minimum atomic E-state index is -3.86. The number of amides is 1. The van der Waals surface area contributed by atoms with Crippen molar-refractivity contribution < 1.29 is 21.6 Å². The lowest BCUT2D eigenvalue weighted by atomic mass is 10.2. The van der Waals surface area contributed by atoms with Crippen LogP contribution in [-0.4, -0.2) is 58.3 Å². The Labute approximate surface area is 142 Å². The van der Waals surface area contributed by atoms with Gasteiger partial charge < -0.3 is 4.90 Å². The summed E-state index contributed by atoms with van der Waals surface area (Å²) in [6.45, 7) is 1.38. The molecule has 2 fully saturated rings. The van der Waals surface area contributed by atoms with Crippen LogP contribution in [0.1, 0.15) is 29.6 Å². The first kappa shape index (κ1) is 17.4. The van der Waals surface area contributed by atoms with E-state index in [2.05, 4.69) is 4.72 Å². The van der Waals surface area contributed by atoms with Crippen LogP contribution in [0.5, 0.6) is 0 Å². The minimum Gasteiger partial charge on any atom is -0.339 e. The fourth-order valence-corrected chi connectivity index (χ4v) is 6.17. The van der Waals surface area contributed by atoms with Gasteiger partial charge in [-0.3, -0.25) is 4.79 Å². The number of carbonyl (C=O) groups is 1. The predicted octanol–water partition coefficient (Wildman–Crippen LogP) is 0.388. The zero-order chi connectivity index (χ0) is 17.4. The lowest BCUT2D eigenvalue weighted by Crippen LogP contribution is -2.35. The Hall–Kier alpha value is -1.45. The maximum Gasteiger partial charge on any atom is 0.253 e. The molecule has 3 rings (SSSR count). The normalized spacial score (nSPS) is 23.5. The summed E-state index contributed by atoms with van der Waals surface area (Å²) >= 11 is 0. The number of sulfonamides is 1. The lowest BCUT2D eigenvalue weighted by Gasteiger charge is -2.16. The van der Waals surface area contributed by atoms with Crippen LogP contribution >= 0.6 is 0 Å². The largest absolute Gasteiger partial charge is 0.339 e. The van der Waals surface area contributed by atoms with E-state index in [1.807, 2.05) is 0 Å². The summed E-state index contributed by atoms with van der Waals surface area (Å²) in [7, 11) is -7.03. The highest BCUT2D eigenvalue weighted by Gasteiger charge is 2.31. The molecular formula is C15H20N2O5S2. The van der Waals surface area contributed by atoms with Crippen molar-refractivity contribution in [1.29, 1.82) is 0 Å². The van der Waals surface area contributed by atoms with E-state index < -0.39 is 25.9 Å². The number of nitrogens with zero attached hydrogens (tertiary/aromatic N) is 1. The molecule has 1 N–H and O–H groups in total. The number of carbonyl (C=O) groups excluding carboxylic acids is 1. The van der Waals surface area contributed by atoms with Crippen molar-refractivity contribution in [2.24, 2.45) is 0 Å². The Morgan fingerprint density at radius 1 is 1.21 bits per heavy atom. The summed E-state index contributed by atoms with van der Waals surface area (Å²) < 4.78 is 50.3. The molecule has 0 radical (unpaired) electrons. The second-order valence-corrected chi connectivity index (χ2v) is 10.2. The Morgan fingerprint density at radius 2 is 1.92 bits per heavy atom. The number of rotatable bonds is 4. The third-order valence-corrected chi connectivity index (χ3v) is 7.62. The molecule has 1 unspecified atom stereocenters. The highest BCUT2D eigenvalue weighted by atomic mass is 32.2. The molecule has 132 valence electrons. The van der Waals surface area contributed by atoms with Crippen LogP contribution in [0.4, 0.5) is 0 Å². The number of sulfone groups is 1. The molecule has 7 nitrogen and oxygen atoms in total. The third-order valence-electron chi connectivity index (χ3n) is 4.34. The molecule has 0 saturated carbocycles. The molecule has 1 aromatic carbocycles. The topological polar surface area (TPSA) is 101 Å². The van der Waals surface area contributed by atoms with Crippen LogP contribution in [0.2, 0.25) is 0 Å². The maximum absolute atomic E-state index is 12.5. The first-order valence-electron chi connectivity index (χ1n) is 7.89. The monoisotopic (exact) mass is 372 g/mol.